The molecule has 0 aliphatic carbocycles. The number of hydrogen-bond donors (Lipinski definition) is 1. The number of pyridine rings is 1. The zero-order valence-corrected chi connectivity index (χ0v) is 13.2. The van der Waals surface area contributed by atoms with Crippen LogP contribution in [0.15, 0.2) is 42.7 Å². The van der Waals surface area contributed by atoms with E-state index in [9.17, 15) is 0 Å². The summed E-state index contributed by atoms with van der Waals surface area (Å²) in [7, 11) is 3.28. The Morgan fingerprint density at radius 2 is 1.64 bits per heavy atom. The fourth-order valence-electron chi connectivity index (χ4n) is 2.15. The van der Waals surface area contributed by atoms with Crippen LogP contribution in [-0.4, -0.2) is 20.8 Å². The Hall–Kier alpha value is -2.33. The molecular formula is C18H23N2O2+. The van der Waals surface area contributed by atoms with E-state index in [2.05, 4.69) is 41.2 Å². The number of nitrogens with two attached hydrogens (primary N) is 1. The molecule has 0 unspecified atom stereocenters. The maximum Gasteiger partial charge on any atom is 0.169 e. The molecule has 0 aliphatic heterocycles. The lowest BCUT2D eigenvalue weighted by atomic mass is 10.1. The first-order chi connectivity index (χ1) is 10.8. The van der Waals surface area contributed by atoms with E-state index in [1.807, 2.05) is 18.2 Å². The quantitative estimate of drug-likeness (QED) is 0.799. The number of hydrogen-bond acceptors (Lipinski definition) is 3. The Bertz CT molecular complexity index is 621. The molecule has 0 fully saturated rings. The molecule has 0 spiro atoms. The van der Waals surface area contributed by atoms with Crippen LogP contribution in [0.3, 0.4) is 0 Å². The third-order valence-electron chi connectivity index (χ3n) is 3.41. The standard InChI is InChI=1S/C18H23N2O2/c1-21-17-7-6-16(14-18(17)22-2)5-4-15-8-12-20(13-9-15)11-3-10-19/h4-9,12-14H,3,10-11,19H2,1-2H3/q+1/b5-4+. The van der Waals surface area contributed by atoms with Crippen molar-refractivity contribution >= 4 is 12.2 Å². The Kier molecular flexibility index (Phi) is 5.98. The number of rotatable bonds is 7. The first kappa shape index (κ1) is 16.0. The minimum Gasteiger partial charge on any atom is -0.493 e. The second-order valence-electron chi connectivity index (χ2n) is 4.96. The van der Waals surface area contributed by atoms with Crippen molar-refractivity contribution in [2.75, 3.05) is 20.8 Å². The van der Waals surface area contributed by atoms with Crippen molar-refractivity contribution in [1.29, 1.82) is 0 Å². The van der Waals surface area contributed by atoms with E-state index in [-0.39, 0.29) is 0 Å². The minimum absolute atomic E-state index is 0.716. The highest BCUT2D eigenvalue weighted by Gasteiger charge is 2.03. The monoisotopic (exact) mass is 299 g/mol. The van der Waals surface area contributed by atoms with Crippen LogP contribution < -0.4 is 19.8 Å². The molecule has 0 radical (unpaired) electrons. The van der Waals surface area contributed by atoms with E-state index in [1.165, 1.54) is 0 Å². The van der Waals surface area contributed by atoms with Crippen molar-refractivity contribution in [3.05, 3.63) is 53.9 Å². The van der Waals surface area contributed by atoms with E-state index in [4.69, 9.17) is 15.2 Å². The van der Waals surface area contributed by atoms with Crippen LogP contribution in [0.4, 0.5) is 0 Å². The summed E-state index contributed by atoms with van der Waals surface area (Å²) in [6, 6.07) is 10.0. The number of methoxy groups -OCH3 is 2. The van der Waals surface area contributed by atoms with E-state index in [0.717, 1.165) is 35.6 Å². The summed E-state index contributed by atoms with van der Waals surface area (Å²) in [4.78, 5) is 0. The topological polar surface area (TPSA) is 48.4 Å². The van der Waals surface area contributed by atoms with Crippen molar-refractivity contribution in [2.45, 2.75) is 13.0 Å². The molecule has 2 rings (SSSR count). The number of nitrogens with zero attached hydrogens (tertiary/aromatic N) is 1. The second kappa shape index (κ2) is 8.20. The third-order valence-corrected chi connectivity index (χ3v) is 3.41. The van der Waals surface area contributed by atoms with Gasteiger partial charge in [0.15, 0.2) is 23.9 Å². The molecular weight excluding hydrogens is 276 g/mol. The first-order valence-corrected chi connectivity index (χ1v) is 7.36. The van der Waals surface area contributed by atoms with Gasteiger partial charge in [0.05, 0.1) is 14.2 Å². The van der Waals surface area contributed by atoms with Crippen molar-refractivity contribution < 1.29 is 14.0 Å². The number of ether oxygens (including phenoxy) is 2. The third kappa shape index (κ3) is 4.33. The van der Waals surface area contributed by atoms with Crippen molar-refractivity contribution in [3.63, 3.8) is 0 Å². The molecule has 4 nitrogen and oxygen atoms in total. The normalized spacial score (nSPS) is 10.9. The fourth-order valence-corrected chi connectivity index (χ4v) is 2.15. The average molecular weight is 299 g/mol. The van der Waals surface area contributed by atoms with Crippen LogP contribution >= 0.6 is 0 Å². The van der Waals surface area contributed by atoms with Crippen molar-refractivity contribution in [1.82, 2.24) is 0 Å². The van der Waals surface area contributed by atoms with Gasteiger partial charge in [-0.05, 0) is 29.8 Å². The Labute approximate surface area is 131 Å². The smallest absolute Gasteiger partial charge is 0.169 e. The van der Waals surface area contributed by atoms with Gasteiger partial charge in [0.1, 0.15) is 6.54 Å². The van der Waals surface area contributed by atoms with E-state index >= 15 is 0 Å². The zero-order chi connectivity index (χ0) is 15.8. The van der Waals surface area contributed by atoms with Gasteiger partial charge in [0.2, 0.25) is 0 Å². The molecule has 1 aromatic heterocycles. The van der Waals surface area contributed by atoms with E-state index < -0.39 is 0 Å². The summed E-state index contributed by atoms with van der Waals surface area (Å²) < 4.78 is 12.7. The van der Waals surface area contributed by atoms with Crippen molar-refractivity contribution in [2.24, 2.45) is 5.73 Å². The van der Waals surface area contributed by atoms with Crippen LogP contribution in [0.1, 0.15) is 17.5 Å². The van der Waals surface area contributed by atoms with Crippen LogP contribution in [0.5, 0.6) is 11.5 Å². The van der Waals surface area contributed by atoms with Crippen LogP contribution in [0.2, 0.25) is 0 Å². The summed E-state index contributed by atoms with van der Waals surface area (Å²) in [5.74, 6) is 1.47. The van der Waals surface area contributed by atoms with E-state index in [1.54, 1.807) is 14.2 Å². The highest BCUT2D eigenvalue weighted by atomic mass is 16.5. The first-order valence-electron chi connectivity index (χ1n) is 7.36. The number of aryl methyl sites for hydroxylation is 1. The Morgan fingerprint density at radius 1 is 0.955 bits per heavy atom. The largest absolute Gasteiger partial charge is 0.493 e. The van der Waals surface area contributed by atoms with Gasteiger partial charge in [-0.25, -0.2) is 4.57 Å². The molecule has 0 amide bonds. The van der Waals surface area contributed by atoms with Crippen LogP contribution in [0.25, 0.3) is 12.2 Å². The SMILES string of the molecule is COc1ccc(/C=C/c2cc[n+](CCCN)cc2)cc1OC. The van der Waals surface area contributed by atoms with E-state index in [0.29, 0.717) is 6.54 Å². The van der Waals surface area contributed by atoms with Gasteiger partial charge in [0, 0.05) is 18.6 Å². The Balaban J connectivity index is 2.08. The average Bonchev–Trinajstić information content (AvgIpc) is 2.58. The molecule has 0 bridgehead atoms. The highest BCUT2D eigenvalue weighted by Crippen LogP contribution is 2.28. The lowest BCUT2D eigenvalue weighted by molar-refractivity contribution is -0.697. The highest BCUT2D eigenvalue weighted by molar-refractivity contribution is 5.70. The van der Waals surface area contributed by atoms with Crippen LogP contribution in [0, 0.1) is 0 Å². The molecule has 0 aliphatic rings. The number of aromatic nitrogens is 1. The Morgan fingerprint density at radius 3 is 2.27 bits per heavy atom. The molecule has 22 heavy (non-hydrogen) atoms. The molecule has 0 saturated heterocycles. The van der Waals surface area contributed by atoms with Gasteiger partial charge in [-0.15, -0.1) is 0 Å². The molecule has 0 atom stereocenters. The van der Waals surface area contributed by atoms with Gasteiger partial charge >= 0.3 is 0 Å². The van der Waals surface area contributed by atoms with Gasteiger partial charge in [0.25, 0.3) is 0 Å². The van der Waals surface area contributed by atoms with Gasteiger partial charge in [-0.2, -0.15) is 0 Å². The summed E-state index contributed by atoms with van der Waals surface area (Å²) >= 11 is 0. The van der Waals surface area contributed by atoms with Crippen molar-refractivity contribution in [3.8, 4) is 11.5 Å². The predicted octanol–water partition coefficient (Wildman–Crippen LogP) is 2.51. The second-order valence-corrected chi connectivity index (χ2v) is 4.96. The summed E-state index contributed by atoms with van der Waals surface area (Å²) in [5, 5.41) is 0. The summed E-state index contributed by atoms with van der Waals surface area (Å²) in [5.41, 5.74) is 7.74. The van der Waals surface area contributed by atoms with Gasteiger partial charge in [-0.3, -0.25) is 0 Å². The number of benzene rings is 1. The predicted molar refractivity (Wildman–Crippen MR) is 88.8 cm³/mol. The molecule has 1 heterocycles. The zero-order valence-electron chi connectivity index (χ0n) is 13.2. The lowest BCUT2D eigenvalue weighted by Crippen LogP contribution is -2.33. The minimum atomic E-state index is 0.716. The maximum atomic E-state index is 5.52. The molecule has 0 saturated carbocycles. The molecule has 2 N–H and O–H groups in total. The lowest BCUT2D eigenvalue weighted by Gasteiger charge is -2.07. The van der Waals surface area contributed by atoms with Crippen LogP contribution in [-0.2, 0) is 6.54 Å². The maximum absolute atomic E-state index is 5.52. The fraction of sp³-hybridized carbons (Fsp3) is 0.278. The van der Waals surface area contributed by atoms with Gasteiger partial charge in [-0.1, -0.05) is 18.2 Å². The summed E-state index contributed by atoms with van der Waals surface area (Å²) in [6.07, 6.45) is 9.27. The molecule has 1 aromatic carbocycles. The van der Waals surface area contributed by atoms with Gasteiger partial charge < -0.3 is 15.2 Å². The molecule has 4 heteroatoms. The summed E-state index contributed by atoms with van der Waals surface area (Å²) in [6.45, 7) is 1.67. The molecule has 2 aromatic rings. The molecule has 116 valence electrons.